The van der Waals surface area contributed by atoms with Crippen LogP contribution >= 0.6 is 0 Å². The molecule has 0 atom stereocenters. The van der Waals surface area contributed by atoms with Crippen LogP contribution in [0.5, 0.6) is 5.75 Å². The van der Waals surface area contributed by atoms with Gasteiger partial charge in [-0.3, -0.25) is 9.59 Å². The van der Waals surface area contributed by atoms with Crippen molar-refractivity contribution in [2.24, 2.45) is 0 Å². The number of ether oxygens (including phenoxy) is 2. The molecule has 0 saturated carbocycles. The summed E-state index contributed by atoms with van der Waals surface area (Å²) < 4.78 is 10.3. The quantitative estimate of drug-likeness (QED) is 0.392. The predicted octanol–water partition coefficient (Wildman–Crippen LogP) is 2.19. The van der Waals surface area contributed by atoms with E-state index in [1.165, 1.54) is 25.3 Å². The summed E-state index contributed by atoms with van der Waals surface area (Å²) in [6.07, 6.45) is 6.18. The molecule has 0 aliphatic heterocycles. The van der Waals surface area contributed by atoms with Crippen LogP contribution in [-0.4, -0.2) is 63.5 Å². The first-order valence-corrected chi connectivity index (χ1v) is 7.39. The van der Waals surface area contributed by atoms with E-state index in [9.17, 15) is 9.59 Å². The van der Waals surface area contributed by atoms with Crippen molar-refractivity contribution in [3.63, 3.8) is 0 Å². The third kappa shape index (κ3) is 6.26. The van der Waals surface area contributed by atoms with Gasteiger partial charge in [-0.25, -0.2) is 0 Å². The fraction of sp³-hybridized carbons (Fsp3) is 0.333. The third-order valence-electron chi connectivity index (χ3n) is 2.91. The van der Waals surface area contributed by atoms with E-state index in [0.717, 1.165) is 0 Å². The molecular weight excluding hydrogens is 308 g/mol. The molecular formula is C18H24N2O4. The molecule has 0 unspecified atom stereocenters. The van der Waals surface area contributed by atoms with Gasteiger partial charge in [-0.2, -0.15) is 0 Å². The van der Waals surface area contributed by atoms with Crippen molar-refractivity contribution in [3.8, 4) is 5.75 Å². The summed E-state index contributed by atoms with van der Waals surface area (Å²) in [5.41, 5.74) is 0.730. The van der Waals surface area contributed by atoms with Gasteiger partial charge in [-0.1, -0.05) is 0 Å². The van der Waals surface area contributed by atoms with Crippen LogP contribution in [0.1, 0.15) is 20.7 Å². The van der Waals surface area contributed by atoms with E-state index in [1.54, 1.807) is 34.3 Å². The summed E-state index contributed by atoms with van der Waals surface area (Å²) in [5.74, 6) is -0.0629. The Labute approximate surface area is 143 Å². The lowest BCUT2D eigenvalue weighted by Gasteiger charge is -2.11. The third-order valence-corrected chi connectivity index (χ3v) is 2.91. The first-order valence-electron chi connectivity index (χ1n) is 7.39. The maximum Gasteiger partial charge on any atom is 0.191 e. The van der Waals surface area contributed by atoms with Crippen molar-refractivity contribution in [1.29, 1.82) is 0 Å². The molecule has 0 aromatic heterocycles. The van der Waals surface area contributed by atoms with Crippen molar-refractivity contribution in [2.75, 3.05) is 42.1 Å². The Morgan fingerprint density at radius 3 is 2.12 bits per heavy atom. The summed E-state index contributed by atoms with van der Waals surface area (Å²) in [6, 6.07) is 4.77. The van der Waals surface area contributed by atoms with Crippen molar-refractivity contribution in [3.05, 3.63) is 53.9 Å². The number of carbonyl (C=O) groups is 2. The van der Waals surface area contributed by atoms with Gasteiger partial charge >= 0.3 is 0 Å². The van der Waals surface area contributed by atoms with Gasteiger partial charge in [0, 0.05) is 65.4 Å². The standard InChI is InChI=1S/C18H24N2O4/c1-19(2)10-8-16(21)14-6-7-18(24-13-23-5)15(12-14)17(22)9-11-20(3)4/h6-12H,13H2,1-5H3/b10-8+,11-9+. The Morgan fingerprint density at radius 2 is 1.58 bits per heavy atom. The number of carbonyl (C=O) groups excluding carboxylic acids is 2. The van der Waals surface area contributed by atoms with Crippen LogP contribution < -0.4 is 4.74 Å². The van der Waals surface area contributed by atoms with E-state index in [0.29, 0.717) is 16.9 Å². The Balaban J connectivity index is 3.16. The lowest BCUT2D eigenvalue weighted by molar-refractivity contribution is 0.0503. The van der Waals surface area contributed by atoms with Crippen molar-refractivity contribution >= 4 is 11.6 Å². The minimum absolute atomic E-state index is 0.0193. The number of allylic oxidation sites excluding steroid dienone is 2. The minimum Gasteiger partial charge on any atom is -0.467 e. The number of rotatable bonds is 9. The molecule has 0 heterocycles. The van der Waals surface area contributed by atoms with Gasteiger partial charge in [-0.15, -0.1) is 0 Å². The molecule has 1 aromatic rings. The molecule has 0 N–H and O–H groups in total. The van der Waals surface area contributed by atoms with Crippen molar-refractivity contribution in [2.45, 2.75) is 0 Å². The van der Waals surface area contributed by atoms with Gasteiger partial charge in [0.1, 0.15) is 5.75 Å². The highest BCUT2D eigenvalue weighted by Gasteiger charge is 2.14. The van der Waals surface area contributed by atoms with Crippen molar-refractivity contribution < 1.29 is 19.1 Å². The maximum absolute atomic E-state index is 12.4. The summed E-state index contributed by atoms with van der Waals surface area (Å²) in [4.78, 5) is 28.1. The average molecular weight is 332 g/mol. The van der Waals surface area contributed by atoms with Gasteiger partial charge < -0.3 is 19.3 Å². The molecule has 0 radical (unpaired) electrons. The van der Waals surface area contributed by atoms with Gasteiger partial charge in [0.25, 0.3) is 0 Å². The normalized spacial score (nSPS) is 11.0. The number of nitrogens with zero attached hydrogens (tertiary/aromatic N) is 2. The topological polar surface area (TPSA) is 59.1 Å². The summed E-state index contributed by atoms with van der Waals surface area (Å²) in [7, 11) is 8.78. The number of ketones is 2. The first-order chi connectivity index (χ1) is 11.3. The van der Waals surface area contributed by atoms with E-state index in [1.807, 2.05) is 28.2 Å². The maximum atomic E-state index is 12.4. The zero-order chi connectivity index (χ0) is 18.1. The fourth-order valence-corrected chi connectivity index (χ4v) is 1.74. The second-order valence-corrected chi connectivity index (χ2v) is 5.55. The molecule has 0 spiro atoms. The number of benzene rings is 1. The SMILES string of the molecule is COCOc1ccc(C(=O)/C=C/N(C)C)cc1C(=O)/C=C/N(C)C. The highest BCUT2D eigenvalue weighted by atomic mass is 16.7. The molecule has 0 fully saturated rings. The molecule has 6 heteroatoms. The van der Waals surface area contributed by atoms with E-state index < -0.39 is 0 Å². The highest BCUT2D eigenvalue weighted by molar-refractivity contribution is 6.10. The average Bonchev–Trinajstić information content (AvgIpc) is 2.55. The lowest BCUT2D eigenvalue weighted by Crippen LogP contribution is -2.08. The van der Waals surface area contributed by atoms with Crippen LogP contribution in [0.15, 0.2) is 42.8 Å². The number of hydrogen-bond donors (Lipinski definition) is 0. The predicted molar refractivity (Wildman–Crippen MR) is 93.3 cm³/mol. The molecule has 6 nitrogen and oxygen atoms in total. The van der Waals surface area contributed by atoms with Crippen LogP contribution in [0.4, 0.5) is 0 Å². The Morgan fingerprint density at radius 1 is 1.00 bits per heavy atom. The number of hydrogen-bond acceptors (Lipinski definition) is 6. The van der Waals surface area contributed by atoms with Crippen LogP contribution in [0.25, 0.3) is 0 Å². The molecule has 0 bridgehead atoms. The zero-order valence-corrected chi connectivity index (χ0v) is 14.8. The van der Waals surface area contributed by atoms with E-state index in [-0.39, 0.29) is 18.4 Å². The Kier molecular flexibility index (Phi) is 7.71. The van der Waals surface area contributed by atoms with Crippen LogP contribution in [0.3, 0.4) is 0 Å². The molecule has 1 rings (SSSR count). The fourth-order valence-electron chi connectivity index (χ4n) is 1.74. The van der Waals surface area contributed by atoms with Gasteiger partial charge in [-0.05, 0) is 18.2 Å². The smallest absolute Gasteiger partial charge is 0.191 e. The Bertz CT molecular complexity index is 634. The molecule has 24 heavy (non-hydrogen) atoms. The van der Waals surface area contributed by atoms with Gasteiger partial charge in [0.2, 0.25) is 0 Å². The van der Waals surface area contributed by atoms with Gasteiger partial charge in [0.15, 0.2) is 18.4 Å². The summed E-state index contributed by atoms with van der Waals surface area (Å²) in [5, 5.41) is 0. The van der Waals surface area contributed by atoms with Gasteiger partial charge in [0.05, 0.1) is 5.56 Å². The summed E-state index contributed by atoms with van der Waals surface area (Å²) in [6.45, 7) is 0.0193. The van der Waals surface area contributed by atoms with E-state index in [4.69, 9.17) is 9.47 Å². The largest absolute Gasteiger partial charge is 0.467 e. The molecule has 0 saturated heterocycles. The molecule has 0 amide bonds. The molecule has 0 aliphatic carbocycles. The summed E-state index contributed by atoms with van der Waals surface area (Å²) >= 11 is 0. The Hall–Kier alpha value is -2.60. The zero-order valence-electron chi connectivity index (χ0n) is 14.8. The second kappa shape index (κ2) is 9.52. The highest BCUT2D eigenvalue weighted by Crippen LogP contribution is 2.22. The lowest BCUT2D eigenvalue weighted by atomic mass is 10.0. The second-order valence-electron chi connectivity index (χ2n) is 5.55. The van der Waals surface area contributed by atoms with E-state index >= 15 is 0 Å². The molecule has 0 aliphatic rings. The first kappa shape index (κ1) is 19.4. The van der Waals surface area contributed by atoms with Crippen LogP contribution in [0.2, 0.25) is 0 Å². The minimum atomic E-state index is -0.249. The molecule has 130 valence electrons. The molecule has 1 aromatic carbocycles. The van der Waals surface area contributed by atoms with Crippen molar-refractivity contribution in [1.82, 2.24) is 9.80 Å². The number of methoxy groups -OCH3 is 1. The monoisotopic (exact) mass is 332 g/mol. The van der Waals surface area contributed by atoms with E-state index in [2.05, 4.69) is 0 Å². The van der Waals surface area contributed by atoms with Crippen LogP contribution in [0, 0.1) is 0 Å². The van der Waals surface area contributed by atoms with Crippen LogP contribution in [-0.2, 0) is 4.74 Å².